The third-order valence-corrected chi connectivity index (χ3v) is 4.73. The van der Waals surface area contributed by atoms with Gasteiger partial charge in [-0.3, -0.25) is 5.10 Å². The molecule has 1 saturated carbocycles. The van der Waals surface area contributed by atoms with Crippen molar-refractivity contribution in [3.8, 4) is 11.5 Å². The number of nitrogens with zero attached hydrogens (tertiary/aromatic N) is 2. The molecule has 0 unspecified atom stereocenters. The lowest BCUT2D eigenvalue weighted by molar-refractivity contribution is 0.0981. The number of carbonyl (C=O) groups is 1. The Hall–Kier alpha value is -2.83. The molecule has 7 nitrogen and oxygen atoms in total. The molecule has 2 heterocycles. The van der Waals surface area contributed by atoms with Crippen LogP contribution in [0.2, 0.25) is 0 Å². The molecule has 1 aliphatic rings. The fourth-order valence-corrected chi connectivity index (χ4v) is 3.49. The molecule has 3 aromatic rings. The third kappa shape index (κ3) is 3.42. The standard InChI is InChI=1S/C19H23N5O2/c1-11(2)20-19(25)26-13-8-7-12(9-13)16-10-17(24-23-16)18-21-14-5-3-4-6-15(14)22-18/h3-6,10-13H,7-9H2,1-2H3,(H,20,25)(H,21,22)(H,23,24)/t12-,13+/m0/s1. The Kier molecular flexibility index (Phi) is 4.36. The number of nitrogens with one attached hydrogen (secondary N) is 3. The molecule has 0 aliphatic heterocycles. The van der Waals surface area contributed by atoms with Crippen LogP contribution >= 0.6 is 0 Å². The number of aromatic amines is 2. The average molecular weight is 353 g/mol. The number of benzene rings is 1. The van der Waals surface area contributed by atoms with Gasteiger partial charge in [-0.15, -0.1) is 0 Å². The van der Waals surface area contributed by atoms with E-state index in [0.717, 1.165) is 47.5 Å². The number of fused-ring (bicyclic) bond motifs is 1. The lowest BCUT2D eigenvalue weighted by Gasteiger charge is -2.14. The smallest absolute Gasteiger partial charge is 0.407 e. The molecule has 0 radical (unpaired) electrons. The van der Waals surface area contributed by atoms with E-state index in [9.17, 15) is 4.79 Å². The highest BCUT2D eigenvalue weighted by atomic mass is 16.6. The Labute approximate surface area is 151 Å². The SMILES string of the molecule is CC(C)NC(=O)O[C@@H]1CC[C@H](c2cc(-c3nc4ccccc4[nH]3)n[nH]2)C1. The molecular weight excluding hydrogens is 330 g/mol. The van der Waals surface area contributed by atoms with Gasteiger partial charge in [0, 0.05) is 17.7 Å². The van der Waals surface area contributed by atoms with Crippen LogP contribution in [0.3, 0.4) is 0 Å². The van der Waals surface area contributed by atoms with E-state index in [1.807, 2.05) is 44.2 Å². The van der Waals surface area contributed by atoms with Crippen LogP contribution < -0.4 is 5.32 Å². The van der Waals surface area contributed by atoms with Gasteiger partial charge in [-0.05, 0) is 51.3 Å². The van der Waals surface area contributed by atoms with Gasteiger partial charge in [-0.25, -0.2) is 9.78 Å². The van der Waals surface area contributed by atoms with Crippen LogP contribution in [0.15, 0.2) is 30.3 Å². The first-order valence-corrected chi connectivity index (χ1v) is 9.06. The number of hydrogen-bond donors (Lipinski definition) is 3. The molecule has 136 valence electrons. The first-order chi connectivity index (χ1) is 12.6. The summed E-state index contributed by atoms with van der Waals surface area (Å²) in [5.74, 6) is 1.08. The quantitative estimate of drug-likeness (QED) is 0.666. The van der Waals surface area contributed by atoms with E-state index in [-0.39, 0.29) is 18.2 Å². The number of H-pyrrole nitrogens is 2. The molecule has 7 heteroatoms. The first-order valence-electron chi connectivity index (χ1n) is 9.06. The summed E-state index contributed by atoms with van der Waals surface area (Å²) >= 11 is 0. The Morgan fingerprint density at radius 1 is 1.31 bits per heavy atom. The Bertz CT molecular complexity index is 880. The van der Waals surface area contributed by atoms with Gasteiger partial charge >= 0.3 is 6.09 Å². The summed E-state index contributed by atoms with van der Waals surface area (Å²) in [4.78, 5) is 19.6. The van der Waals surface area contributed by atoms with Crippen molar-refractivity contribution >= 4 is 17.1 Å². The molecule has 26 heavy (non-hydrogen) atoms. The minimum Gasteiger partial charge on any atom is -0.446 e. The van der Waals surface area contributed by atoms with E-state index >= 15 is 0 Å². The van der Waals surface area contributed by atoms with Crippen molar-refractivity contribution < 1.29 is 9.53 Å². The van der Waals surface area contributed by atoms with Gasteiger partial charge in [0.15, 0.2) is 5.82 Å². The molecule has 4 rings (SSSR count). The minimum atomic E-state index is -0.335. The molecular formula is C19H23N5O2. The van der Waals surface area contributed by atoms with Crippen molar-refractivity contribution in [2.45, 2.75) is 51.2 Å². The topological polar surface area (TPSA) is 95.7 Å². The van der Waals surface area contributed by atoms with E-state index in [1.54, 1.807) is 0 Å². The zero-order valence-corrected chi connectivity index (χ0v) is 15.0. The van der Waals surface area contributed by atoms with E-state index in [4.69, 9.17) is 4.74 Å². The third-order valence-electron chi connectivity index (χ3n) is 4.73. The van der Waals surface area contributed by atoms with Crippen LogP contribution in [0.25, 0.3) is 22.6 Å². The maximum atomic E-state index is 11.8. The lowest BCUT2D eigenvalue weighted by atomic mass is 10.0. The number of alkyl carbamates (subject to hydrolysis) is 1. The molecule has 3 N–H and O–H groups in total. The Balaban J connectivity index is 1.43. The van der Waals surface area contributed by atoms with E-state index in [1.165, 1.54) is 0 Å². The van der Waals surface area contributed by atoms with Gasteiger partial charge in [0.05, 0.1) is 11.0 Å². The van der Waals surface area contributed by atoms with Crippen LogP contribution in [0.4, 0.5) is 4.79 Å². The van der Waals surface area contributed by atoms with Gasteiger partial charge in [-0.1, -0.05) is 12.1 Å². The molecule has 1 aromatic carbocycles. The summed E-state index contributed by atoms with van der Waals surface area (Å²) in [7, 11) is 0. The summed E-state index contributed by atoms with van der Waals surface area (Å²) in [5, 5.41) is 10.3. The Morgan fingerprint density at radius 3 is 2.96 bits per heavy atom. The first kappa shape index (κ1) is 16.6. The van der Waals surface area contributed by atoms with Crippen molar-refractivity contribution in [3.63, 3.8) is 0 Å². The highest BCUT2D eigenvalue weighted by Gasteiger charge is 2.30. The summed E-state index contributed by atoms with van der Waals surface area (Å²) in [6, 6.07) is 10.0. The second-order valence-electron chi connectivity index (χ2n) is 7.15. The summed E-state index contributed by atoms with van der Waals surface area (Å²) in [5.41, 5.74) is 3.80. The van der Waals surface area contributed by atoms with Crippen molar-refractivity contribution in [3.05, 3.63) is 36.0 Å². The summed E-state index contributed by atoms with van der Waals surface area (Å²) in [6.07, 6.45) is 2.28. The number of carbonyl (C=O) groups excluding carboxylic acids is 1. The zero-order valence-electron chi connectivity index (χ0n) is 15.0. The molecule has 0 saturated heterocycles. The van der Waals surface area contributed by atoms with Crippen molar-refractivity contribution in [2.75, 3.05) is 0 Å². The fraction of sp³-hybridized carbons (Fsp3) is 0.421. The normalized spacial score (nSPS) is 20.0. The minimum absolute atomic E-state index is 0.0447. The van der Waals surface area contributed by atoms with Gasteiger partial charge in [-0.2, -0.15) is 5.10 Å². The monoisotopic (exact) mass is 353 g/mol. The van der Waals surface area contributed by atoms with Gasteiger partial charge in [0.2, 0.25) is 0 Å². The number of rotatable bonds is 4. The van der Waals surface area contributed by atoms with Crippen molar-refractivity contribution in [1.29, 1.82) is 0 Å². The van der Waals surface area contributed by atoms with E-state index < -0.39 is 0 Å². The van der Waals surface area contributed by atoms with Gasteiger partial charge in [0.1, 0.15) is 11.8 Å². The van der Waals surface area contributed by atoms with E-state index in [0.29, 0.717) is 5.92 Å². The van der Waals surface area contributed by atoms with Crippen molar-refractivity contribution in [2.24, 2.45) is 0 Å². The van der Waals surface area contributed by atoms with Crippen molar-refractivity contribution in [1.82, 2.24) is 25.5 Å². The number of para-hydroxylation sites is 2. The lowest BCUT2D eigenvalue weighted by Crippen LogP contribution is -2.33. The highest BCUT2D eigenvalue weighted by Crippen LogP contribution is 2.36. The molecule has 2 aromatic heterocycles. The predicted molar refractivity (Wildman–Crippen MR) is 98.8 cm³/mol. The molecule has 1 aliphatic carbocycles. The van der Waals surface area contributed by atoms with Crippen LogP contribution in [0, 0.1) is 0 Å². The van der Waals surface area contributed by atoms with Gasteiger partial charge in [0.25, 0.3) is 0 Å². The van der Waals surface area contributed by atoms with Crippen LogP contribution in [-0.2, 0) is 4.74 Å². The predicted octanol–water partition coefficient (Wildman–Crippen LogP) is 3.72. The highest BCUT2D eigenvalue weighted by molar-refractivity contribution is 5.78. The summed E-state index contributed by atoms with van der Waals surface area (Å²) < 4.78 is 5.50. The second kappa shape index (κ2) is 6.82. The average Bonchev–Trinajstić information content (AvgIpc) is 3.32. The maximum absolute atomic E-state index is 11.8. The largest absolute Gasteiger partial charge is 0.446 e. The van der Waals surface area contributed by atoms with Crippen LogP contribution in [0.5, 0.6) is 0 Å². The Morgan fingerprint density at radius 2 is 2.15 bits per heavy atom. The zero-order chi connectivity index (χ0) is 18.1. The molecule has 2 atom stereocenters. The fourth-order valence-electron chi connectivity index (χ4n) is 3.49. The maximum Gasteiger partial charge on any atom is 0.407 e. The van der Waals surface area contributed by atoms with Gasteiger partial charge < -0.3 is 15.0 Å². The number of hydrogen-bond acceptors (Lipinski definition) is 4. The summed E-state index contributed by atoms with van der Waals surface area (Å²) in [6.45, 7) is 3.84. The van der Waals surface area contributed by atoms with E-state index in [2.05, 4.69) is 25.5 Å². The molecule has 0 bridgehead atoms. The molecule has 1 fully saturated rings. The second-order valence-corrected chi connectivity index (χ2v) is 7.15. The number of aromatic nitrogens is 4. The number of ether oxygens (including phenoxy) is 1. The number of imidazole rings is 1. The van der Waals surface area contributed by atoms with Crippen LogP contribution in [-0.4, -0.2) is 38.4 Å². The van der Waals surface area contributed by atoms with Crippen LogP contribution in [0.1, 0.15) is 44.7 Å². The molecule has 0 spiro atoms. The molecule has 1 amide bonds. The number of amides is 1.